The highest BCUT2D eigenvalue weighted by Crippen LogP contribution is 2.28. The number of allylic oxidation sites excluding steroid dienone is 1. The third-order valence-corrected chi connectivity index (χ3v) is 4.15. The maximum atomic E-state index is 12.4. The summed E-state index contributed by atoms with van der Waals surface area (Å²) in [5.41, 5.74) is 0.127. The molecule has 0 saturated heterocycles. The summed E-state index contributed by atoms with van der Waals surface area (Å²) in [5, 5.41) is 19.6. The van der Waals surface area contributed by atoms with Crippen molar-refractivity contribution in [3.05, 3.63) is 34.4 Å². The molecule has 1 N–H and O–H groups in total. The van der Waals surface area contributed by atoms with Crippen LogP contribution in [0.3, 0.4) is 0 Å². The van der Waals surface area contributed by atoms with E-state index < -0.39 is 20.5 Å². The summed E-state index contributed by atoms with van der Waals surface area (Å²) in [6.07, 6.45) is 1.11. The number of nitriles is 2. The molecule has 0 radical (unpaired) electrons. The lowest BCUT2D eigenvalue weighted by atomic mass is 10.3. The highest BCUT2D eigenvalue weighted by Gasteiger charge is 2.26. The monoisotopic (exact) mass is 361 g/mol. The zero-order valence-electron chi connectivity index (χ0n) is 9.64. The number of nitrogens with one attached hydrogen (secondary N) is 1. The molecule has 0 bridgehead atoms. The zero-order chi connectivity index (χ0) is 15.3. The van der Waals surface area contributed by atoms with E-state index in [0.717, 1.165) is 18.3 Å². The van der Waals surface area contributed by atoms with E-state index in [1.165, 1.54) is 6.07 Å². The Hall–Kier alpha value is -1.97. The molecular weight excluding hydrogens is 356 g/mol. The van der Waals surface area contributed by atoms with Gasteiger partial charge in [-0.3, -0.25) is 0 Å². The average molecular weight is 362 g/mol. The Morgan fingerprint density at radius 3 is 2.40 bits per heavy atom. The molecule has 1 aromatic carbocycles. The van der Waals surface area contributed by atoms with Gasteiger partial charge in [0.1, 0.15) is 17.7 Å². The van der Waals surface area contributed by atoms with Crippen molar-refractivity contribution in [2.24, 2.45) is 0 Å². The van der Waals surface area contributed by atoms with Crippen LogP contribution < -0.4 is 5.32 Å². The number of alkyl halides is 2. The van der Waals surface area contributed by atoms with Crippen molar-refractivity contribution in [1.82, 2.24) is 0 Å². The SMILES string of the molecule is N#CC(C#N)=CNc1ccc(S(=O)(=O)C(F)F)cc1Br. The normalized spacial score (nSPS) is 10.5. The summed E-state index contributed by atoms with van der Waals surface area (Å²) >= 11 is 3.02. The number of hydrogen-bond donors (Lipinski definition) is 1. The number of sulfone groups is 1. The Bertz CT molecular complexity index is 717. The highest BCUT2D eigenvalue weighted by molar-refractivity contribution is 9.10. The maximum absolute atomic E-state index is 12.4. The predicted octanol–water partition coefficient (Wildman–Crippen LogP) is 2.79. The van der Waals surface area contributed by atoms with Gasteiger partial charge in [-0.05, 0) is 34.1 Å². The number of benzene rings is 1. The van der Waals surface area contributed by atoms with E-state index in [4.69, 9.17) is 10.5 Å². The maximum Gasteiger partial charge on any atom is 0.341 e. The molecule has 0 spiro atoms. The van der Waals surface area contributed by atoms with Gasteiger partial charge in [0, 0.05) is 10.7 Å². The lowest BCUT2D eigenvalue weighted by molar-refractivity contribution is 0.234. The van der Waals surface area contributed by atoms with E-state index in [9.17, 15) is 17.2 Å². The second-order valence-corrected chi connectivity index (χ2v) is 6.15. The average Bonchev–Trinajstić information content (AvgIpc) is 2.41. The first-order valence-corrected chi connectivity index (χ1v) is 7.25. The van der Waals surface area contributed by atoms with Gasteiger partial charge in [0.25, 0.3) is 0 Å². The molecule has 0 amide bonds. The minimum absolute atomic E-state index is 0.193. The second-order valence-electron chi connectivity index (χ2n) is 3.37. The highest BCUT2D eigenvalue weighted by atomic mass is 79.9. The third kappa shape index (κ3) is 3.53. The molecule has 20 heavy (non-hydrogen) atoms. The quantitative estimate of drug-likeness (QED) is 0.832. The van der Waals surface area contributed by atoms with Crippen LogP contribution in [-0.2, 0) is 9.84 Å². The largest absolute Gasteiger partial charge is 0.359 e. The standard InChI is InChI=1S/C11H6BrF2N3O2S/c12-9-3-8(20(18,19)11(13)14)1-2-10(9)17-6-7(4-15)5-16/h1-3,6,11,17H. The van der Waals surface area contributed by atoms with Crippen LogP contribution in [0.2, 0.25) is 0 Å². The molecule has 0 atom stereocenters. The summed E-state index contributed by atoms with van der Waals surface area (Å²) in [5.74, 6) is -3.50. The number of halogens is 3. The van der Waals surface area contributed by atoms with Crippen molar-refractivity contribution in [3.63, 3.8) is 0 Å². The van der Waals surface area contributed by atoms with Crippen LogP contribution >= 0.6 is 15.9 Å². The molecule has 0 aliphatic carbocycles. The van der Waals surface area contributed by atoms with E-state index in [1.807, 2.05) is 0 Å². The summed E-state index contributed by atoms with van der Waals surface area (Å²) in [4.78, 5) is -0.533. The molecule has 0 aromatic heterocycles. The Balaban J connectivity index is 3.11. The lowest BCUT2D eigenvalue weighted by Crippen LogP contribution is -2.11. The zero-order valence-corrected chi connectivity index (χ0v) is 12.0. The number of hydrogen-bond acceptors (Lipinski definition) is 5. The fraction of sp³-hybridized carbons (Fsp3) is 0.0909. The molecule has 9 heteroatoms. The molecule has 0 heterocycles. The van der Waals surface area contributed by atoms with E-state index in [1.54, 1.807) is 12.1 Å². The van der Waals surface area contributed by atoms with Gasteiger partial charge in [0.15, 0.2) is 0 Å². The van der Waals surface area contributed by atoms with Crippen LogP contribution in [0.5, 0.6) is 0 Å². The van der Waals surface area contributed by atoms with E-state index in [0.29, 0.717) is 5.69 Å². The van der Waals surface area contributed by atoms with Crippen LogP contribution in [0, 0.1) is 22.7 Å². The Kier molecular flexibility index (Phi) is 5.19. The van der Waals surface area contributed by atoms with Gasteiger partial charge < -0.3 is 5.32 Å². The van der Waals surface area contributed by atoms with Crippen molar-refractivity contribution in [2.75, 3.05) is 5.32 Å². The van der Waals surface area contributed by atoms with Gasteiger partial charge in [-0.1, -0.05) is 0 Å². The summed E-state index contributed by atoms with van der Waals surface area (Å²) in [7, 11) is -4.67. The first kappa shape index (κ1) is 16.1. The molecule has 0 aliphatic heterocycles. The third-order valence-electron chi connectivity index (χ3n) is 2.12. The molecule has 0 fully saturated rings. The molecule has 0 aliphatic rings. The van der Waals surface area contributed by atoms with Crippen molar-refractivity contribution in [1.29, 1.82) is 10.5 Å². The number of nitrogens with zero attached hydrogens (tertiary/aromatic N) is 2. The molecule has 5 nitrogen and oxygen atoms in total. The van der Waals surface area contributed by atoms with E-state index >= 15 is 0 Å². The molecule has 0 unspecified atom stereocenters. The molecular formula is C11H6BrF2N3O2S. The van der Waals surface area contributed by atoms with Crippen molar-refractivity contribution in [3.8, 4) is 12.1 Å². The van der Waals surface area contributed by atoms with Crippen LogP contribution in [0.4, 0.5) is 14.5 Å². The fourth-order valence-electron chi connectivity index (χ4n) is 1.13. The predicted molar refractivity (Wildman–Crippen MR) is 70.3 cm³/mol. The van der Waals surface area contributed by atoms with Gasteiger partial charge in [-0.2, -0.15) is 19.3 Å². The van der Waals surface area contributed by atoms with Crippen molar-refractivity contribution in [2.45, 2.75) is 10.7 Å². The molecule has 1 rings (SSSR count). The van der Waals surface area contributed by atoms with E-state index in [2.05, 4.69) is 21.2 Å². The van der Waals surface area contributed by atoms with Gasteiger partial charge in [-0.25, -0.2) is 8.42 Å². The van der Waals surface area contributed by atoms with Gasteiger partial charge in [-0.15, -0.1) is 0 Å². The molecule has 1 aromatic rings. The smallest absolute Gasteiger partial charge is 0.341 e. The minimum Gasteiger partial charge on any atom is -0.359 e. The van der Waals surface area contributed by atoms with Crippen LogP contribution in [0.15, 0.2) is 39.3 Å². The van der Waals surface area contributed by atoms with Crippen LogP contribution in [-0.4, -0.2) is 14.2 Å². The number of anilines is 1. The Labute approximate surface area is 122 Å². The van der Waals surface area contributed by atoms with E-state index in [-0.39, 0.29) is 10.0 Å². The first-order valence-electron chi connectivity index (χ1n) is 4.91. The van der Waals surface area contributed by atoms with Crippen molar-refractivity contribution >= 4 is 31.5 Å². The summed E-state index contributed by atoms with van der Waals surface area (Å²) in [6.45, 7) is 0. The summed E-state index contributed by atoms with van der Waals surface area (Å²) in [6, 6.07) is 6.49. The minimum atomic E-state index is -4.67. The fourth-order valence-corrected chi connectivity index (χ4v) is 2.52. The molecule has 0 saturated carbocycles. The first-order chi connectivity index (χ1) is 9.32. The lowest BCUT2D eigenvalue weighted by Gasteiger charge is -2.07. The summed E-state index contributed by atoms with van der Waals surface area (Å²) < 4.78 is 47.5. The van der Waals surface area contributed by atoms with Gasteiger partial charge in [0.05, 0.1) is 10.6 Å². The van der Waals surface area contributed by atoms with Crippen LogP contribution in [0.1, 0.15) is 0 Å². The topological polar surface area (TPSA) is 93.8 Å². The van der Waals surface area contributed by atoms with Crippen LogP contribution in [0.25, 0.3) is 0 Å². The van der Waals surface area contributed by atoms with Gasteiger partial charge in [0.2, 0.25) is 9.84 Å². The van der Waals surface area contributed by atoms with Crippen molar-refractivity contribution < 1.29 is 17.2 Å². The number of rotatable bonds is 4. The van der Waals surface area contributed by atoms with Gasteiger partial charge >= 0.3 is 5.76 Å². The molecule has 104 valence electrons. The Morgan fingerprint density at radius 2 is 1.95 bits per heavy atom. The second kappa shape index (κ2) is 6.46. The Morgan fingerprint density at radius 1 is 1.35 bits per heavy atom.